The van der Waals surface area contributed by atoms with Crippen LogP contribution in [0.15, 0.2) is 18.2 Å². The van der Waals surface area contributed by atoms with Crippen LogP contribution < -0.4 is 4.74 Å². The van der Waals surface area contributed by atoms with Crippen LogP contribution in [0.5, 0.6) is 5.75 Å². The lowest BCUT2D eigenvalue weighted by Crippen LogP contribution is -2.29. The molecule has 0 spiro atoms. The van der Waals surface area contributed by atoms with Crippen LogP contribution in [0.2, 0.25) is 0 Å². The number of hydrogen-bond donors (Lipinski definition) is 0. The molecule has 0 aromatic heterocycles. The molecule has 0 N–H and O–H groups in total. The first-order chi connectivity index (χ1) is 7.15. The molecule has 0 bridgehead atoms. The van der Waals surface area contributed by atoms with E-state index in [1.54, 1.807) is 6.07 Å². The number of rotatable bonds is 1. The first-order valence-electron chi connectivity index (χ1n) is 4.95. The maximum Gasteiger partial charge on any atom is 0.123 e. The van der Waals surface area contributed by atoms with Crippen LogP contribution >= 0.6 is 0 Å². The fourth-order valence-corrected chi connectivity index (χ4v) is 1.98. The largest absolute Gasteiger partial charge is 0.493 e. The van der Waals surface area contributed by atoms with E-state index in [9.17, 15) is 4.39 Å². The average Bonchev–Trinajstić information content (AvgIpc) is 2.20. The summed E-state index contributed by atoms with van der Waals surface area (Å²) in [5, 5.41) is 8.79. The van der Waals surface area contributed by atoms with Gasteiger partial charge < -0.3 is 4.74 Å². The molecular weight excluding hydrogens is 193 g/mol. The van der Waals surface area contributed by atoms with Crippen molar-refractivity contribution in [2.75, 3.05) is 6.61 Å². The standard InChI is InChI=1S/C12H12FNO/c1-12(4-6-14)5-7-15-11-3-2-9(13)8-10(11)12/h2-3,8H,4-5,7H2,1H3. The maximum absolute atomic E-state index is 13.1. The van der Waals surface area contributed by atoms with Crippen LogP contribution in [0.4, 0.5) is 4.39 Å². The van der Waals surface area contributed by atoms with Crippen LogP contribution in [0, 0.1) is 17.1 Å². The van der Waals surface area contributed by atoms with Gasteiger partial charge in [-0.3, -0.25) is 0 Å². The van der Waals surface area contributed by atoms with Crippen molar-refractivity contribution in [3.05, 3.63) is 29.6 Å². The third kappa shape index (κ3) is 1.68. The molecule has 0 aliphatic carbocycles. The molecule has 2 nitrogen and oxygen atoms in total. The minimum absolute atomic E-state index is 0.273. The van der Waals surface area contributed by atoms with Gasteiger partial charge in [0.15, 0.2) is 0 Å². The lowest BCUT2D eigenvalue weighted by molar-refractivity contribution is 0.225. The topological polar surface area (TPSA) is 33.0 Å². The fourth-order valence-electron chi connectivity index (χ4n) is 1.98. The Kier molecular flexibility index (Phi) is 2.36. The maximum atomic E-state index is 13.1. The van der Waals surface area contributed by atoms with E-state index < -0.39 is 0 Å². The van der Waals surface area contributed by atoms with E-state index in [-0.39, 0.29) is 11.2 Å². The van der Waals surface area contributed by atoms with Gasteiger partial charge in [0.1, 0.15) is 11.6 Å². The van der Waals surface area contributed by atoms with Gasteiger partial charge in [-0.05, 0) is 24.6 Å². The van der Waals surface area contributed by atoms with E-state index in [2.05, 4.69) is 6.07 Å². The van der Waals surface area contributed by atoms with Crippen LogP contribution in [-0.2, 0) is 5.41 Å². The Balaban J connectivity index is 2.50. The molecule has 0 amide bonds. The molecule has 1 heterocycles. The predicted octanol–water partition coefficient (Wildman–Crippen LogP) is 2.78. The first kappa shape index (κ1) is 9.97. The Hall–Kier alpha value is -1.56. The van der Waals surface area contributed by atoms with Gasteiger partial charge in [0.05, 0.1) is 12.7 Å². The lowest BCUT2D eigenvalue weighted by atomic mass is 9.75. The molecule has 0 radical (unpaired) electrons. The number of ether oxygens (including phenoxy) is 1. The number of fused-ring (bicyclic) bond motifs is 1. The summed E-state index contributed by atoms with van der Waals surface area (Å²) in [5.41, 5.74) is 0.542. The molecule has 0 saturated carbocycles. The van der Waals surface area contributed by atoms with Gasteiger partial charge in [0.25, 0.3) is 0 Å². The van der Waals surface area contributed by atoms with Gasteiger partial charge in [-0.15, -0.1) is 0 Å². The first-order valence-corrected chi connectivity index (χ1v) is 4.95. The van der Waals surface area contributed by atoms with Crippen molar-refractivity contribution in [1.82, 2.24) is 0 Å². The number of benzene rings is 1. The number of nitrogens with zero attached hydrogens (tertiary/aromatic N) is 1. The minimum Gasteiger partial charge on any atom is -0.493 e. The van der Waals surface area contributed by atoms with Crippen molar-refractivity contribution in [3.8, 4) is 11.8 Å². The van der Waals surface area contributed by atoms with Crippen molar-refractivity contribution in [2.24, 2.45) is 0 Å². The molecule has 15 heavy (non-hydrogen) atoms. The second-order valence-electron chi connectivity index (χ2n) is 4.13. The molecule has 78 valence electrons. The second kappa shape index (κ2) is 3.54. The number of halogens is 1. The van der Waals surface area contributed by atoms with Crippen molar-refractivity contribution in [2.45, 2.75) is 25.2 Å². The highest BCUT2D eigenvalue weighted by Gasteiger charge is 2.33. The summed E-state index contributed by atoms with van der Waals surface area (Å²) < 4.78 is 18.6. The zero-order chi connectivity index (χ0) is 10.9. The fraction of sp³-hybridized carbons (Fsp3) is 0.417. The normalized spacial score (nSPS) is 23.8. The van der Waals surface area contributed by atoms with Gasteiger partial charge in [0, 0.05) is 17.4 Å². The average molecular weight is 205 g/mol. The van der Waals surface area contributed by atoms with Crippen molar-refractivity contribution in [3.63, 3.8) is 0 Å². The molecule has 1 unspecified atom stereocenters. The van der Waals surface area contributed by atoms with E-state index in [1.165, 1.54) is 12.1 Å². The van der Waals surface area contributed by atoms with Gasteiger partial charge in [-0.2, -0.15) is 5.26 Å². The Morgan fingerprint density at radius 2 is 2.40 bits per heavy atom. The molecule has 1 aromatic carbocycles. The summed E-state index contributed by atoms with van der Waals surface area (Å²) >= 11 is 0. The molecule has 0 fully saturated rings. The Bertz CT molecular complexity index is 424. The quantitative estimate of drug-likeness (QED) is 0.706. The zero-order valence-electron chi connectivity index (χ0n) is 8.59. The van der Waals surface area contributed by atoms with Crippen molar-refractivity contribution >= 4 is 0 Å². The molecule has 1 aromatic rings. The van der Waals surface area contributed by atoms with E-state index in [0.29, 0.717) is 18.8 Å². The highest BCUT2D eigenvalue weighted by atomic mass is 19.1. The Morgan fingerprint density at radius 3 is 3.13 bits per heavy atom. The molecule has 1 aliphatic heterocycles. The highest BCUT2D eigenvalue weighted by Crippen LogP contribution is 2.40. The lowest BCUT2D eigenvalue weighted by Gasteiger charge is -2.33. The van der Waals surface area contributed by atoms with Crippen LogP contribution in [0.25, 0.3) is 0 Å². The van der Waals surface area contributed by atoms with Crippen LogP contribution in [-0.4, -0.2) is 6.61 Å². The van der Waals surface area contributed by atoms with Gasteiger partial charge in [0.2, 0.25) is 0 Å². The molecular formula is C12H12FNO. The second-order valence-corrected chi connectivity index (χ2v) is 4.13. The van der Waals surface area contributed by atoms with Crippen LogP contribution in [0.3, 0.4) is 0 Å². The van der Waals surface area contributed by atoms with E-state index in [1.807, 2.05) is 6.92 Å². The summed E-state index contributed by atoms with van der Waals surface area (Å²) in [7, 11) is 0. The minimum atomic E-state index is -0.275. The molecule has 0 saturated heterocycles. The van der Waals surface area contributed by atoms with E-state index in [0.717, 1.165) is 12.0 Å². The summed E-state index contributed by atoms with van der Waals surface area (Å²) in [4.78, 5) is 0. The molecule has 2 rings (SSSR count). The molecule has 1 atom stereocenters. The Morgan fingerprint density at radius 1 is 1.60 bits per heavy atom. The molecule has 1 aliphatic rings. The summed E-state index contributed by atoms with van der Waals surface area (Å²) in [6.07, 6.45) is 1.16. The van der Waals surface area contributed by atoms with Crippen molar-refractivity contribution in [1.29, 1.82) is 5.26 Å². The van der Waals surface area contributed by atoms with E-state index in [4.69, 9.17) is 10.00 Å². The highest BCUT2D eigenvalue weighted by molar-refractivity contribution is 5.41. The third-order valence-corrected chi connectivity index (χ3v) is 2.97. The summed E-state index contributed by atoms with van der Waals surface area (Å²) in [6, 6.07) is 6.66. The smallest absolute Gasteiger partial charge is 0.123 e. The number of hydrogen-bond acceptors (Lipinski definition) is 2. The number of nitriles is 1. The summed E-state index contributed by atoms with van der Waals surface area (Å²) in [6.45, 7) is 2.58. The predicted molar refractivity (Wildman–Crippen MR) is 54.1 cm³/mol. The summed E-state index contributed by atoms with van der Waals surface area (Å²) in [5.74, 6) is 0.434. The molecule has 3 heteroatoms. The van der Waals surface area contributed by atoms with Crippen molar-refractivity contribution < 1.29 is 9.13 Å². The zero-order valence-corrected chi connectivity index (χ0v) is 8.59. The monoisotopic (exact) mass is 205 g/mol. The SMILES string of the molecule is CC1(CC#N)CCOc2ccc(F)cc21. The van der Waals surface area contributed by atoms with Gasteiger partial charge >= 0.3 is 0 Å². The van der Waals surface area contributed by atoms with Crippen LogP contribution in [0.1, 0.15) is 25.3 Å². The van der Waals surface area contributed by atoms with Gasteiger partial charge in [-0.1, -0.05) is 6.92 Å². The van der Waals surface area contributed by atoms with E-state index >= 15 is 0 Å². The third-order valence-electron chi connectivity index (χ3n) is 2.97. The van der Waals surface area contributed by atoms with Gasteiger partial charge in [-0.25, -0.2) is 4.39 Å². The Labute approximate surface area is 88.3 Å².